The van der Waals surface area contributed by atoms with Gasteiger partial charge < -0.3 is 4.74 Å². The highest BCUT2D eigenvalue weighted by molar-refractivity contribution is 5.83. The molecule has 0 fully saturated rings. The lowest BCUT2D eigenvalue weighted by atomic mass is 9.99. The molecular weight excluding hydrogens is 420 g/mol. The fourth-order valence-corrected chi connectivity index (χ4v) is 4.17. The van der Waals surface area contributed by atoms with Gasteiger partial charge in [-0.2, -0.15) is 5.26 Å². The molecule has 0 amide bonds. The van der Waals surface area contributed by atoms with Gasteiger partial charge in [0.15, 0.2) is 0 Å². The van der Waals surface area contributed by atoms with Crippen LogP contribution in [0.5, 0.6) is 5.75 Å². The molecule has 0 bridgehead atoms. The molecule has 0 spiro atoms. The molecule has 5 heteroatoms. The number of hydrogen-bond donors (Lipinski definition) is 2. The van der Waals surface area contributed by atoms with Crippen LogP contribution in [-0.2, 0) is 13.0 Å². The van der Waals surface area contributed by atoms with Crippen molar-refractivity contribution in [1.82, 2.24) is 5.43 Å². The molecular formula is C29H32N4O. The maximum absolute atomic E-state index is 9.37. The first-order chi connectivity index (χ1) is 16.5. The zero-order valence-electron chi connectivity index (χ0n) is 20.2. The van der Waals surface area contributed by atoms with Crippen LogP contribution in [0.3, 0.4) is 0 Å². The summed E-state index contributed by atoms with van der Waals surface area (Å²) in [5, 5.41) is 9.37. The third kappa shape index (κ3) is 5.77. The van der Waals surface area contributed by atoms with Gasteiger partial charge in [-0.3, -0.25) is 15.8 Å². The van der Waals surface area contributed by atoms with Crippen LogP contribution in [0.2, 0.25) is 0 Å². The van der Waals surface area contributed by atoms with Crippen molar-refractivity contribution in [3.63, 3.8) is 0 Å². The quantitative estimate of drug-likeness (QED) is 0.228. The summed E-state index contributed by atoms with van der Waals surface area (Å²) in [7, 11) is 0. The monoisotopic (exact) mass is 452 g/mol. The van der Waals surface area contributed by atoms with Crippen molar-refractivity contribution >= 4 is 11.5 Å². The van der Waals surface area contributed by atoms with Crippen LogP contribution >= 0.6 is 0 Å². The molecule has 1 heterocycles. The Morgan fingerprint density at radius 2 is 1.88 bits per heavy atom. The second-order valence-electron chi connectivity index (χ2n) is 9.33. The summed E-state index contributed by atoms with van der Waals surface area (Å²) in [5.74, 6) is 1.91. The van der Waals surface area contributed by atoms with Crippen molar-refractivity contribution in [2.75, 3.05) is 5.43 Å². The van der Waals surface area contributed by atoms with E-state index in [9.17, 15) is 5.26 Å². The average molecular weight is 453 g/mol. The molecule has 2 N–H and O–H groups in total. The third-order valence-corrected chi connectivity index (χ3v) is 5.95. The summed E-state index contributed by atoms with van der Waals surface area (Å²) in [4.78, 5) is 4.84. The molecule has 1 aliphatic rings. The minimum Gasteiger partial charge on any atom is -0.487 e. The third-order valence-electron chi connectivity index (χ3n) is 5.95. The SMILES string of the molecule is CCCCC(=NCc1ccc(-c2ccccc2C#N)cc1)NNc1ccc2c(c1)CC(C)(C)O2. The maximum Gasteiger partial charge on any atom is 0.123 e. The predicted octanol–water partition coefficient (Wildman–Crippen LogP) is 6.64. The summed E-state index contributed by atoms with van der Waals surface area (Å²) in [6.07, 6.45) is 3.98. The number of hydrogen-bond acceptors (Lipinski definition) is 4. The Kier molecular flexibility index (Phi) is 7.18. The van der Waals surface area contributed by atoms with Crippen LogP contribution in [0.4, 0.5) is 5.69 Å². The zero-order chi connectivity index (χ0) is 24.0. The lowest BCUT2D eigenvalue weighted by Gasteiger charge is -2.16. The highest BCUT2D eigenvalue weighted by Crippen LogP contribution is 2.36. The first-order valence-corrected chi connectivity index (χ1v) is 11.9. The molecule has 4 rings (SSSR count). The molecule has 34 heavy (non-hydrogen) atoms. The van der Waals surface area contributed by atoms with Crippen molar-refractivity contribution in [2.45, 2.75) is 58.6 Å². The molecule has 0 aliphatic carbocycles. The van der Waals surface area contributed by atoms with E-state index in [1.807, 2.05) is 36.4 Å². The second kappa shape index (κ2) is 10.4. The standard InChI is InChI=1S/C29H32N4O/c1-4-5-10-28(33-32-25-15-16-27-24(17-25)18-29(2,3)34-27)31-20-21-11-13-22(14-12-21)26-9-7-6-8-23(26)19-30/h6-9,11-17,32H,4-5,10,18,20H2,1-3H3,(H,31,33). The Labute approximate surface area is 202 Å². The minimum atomic E-state index is -0.144. The van der Waals surface area contributed by atoms with Crippen molar-refractivity contribution in [2.24, 2.45) is 4.99 Å². The predicted molar refractivity (Wildman–Crippen MR) is 139 cm³/mol. The number of unbranched alkanes of at least 4 members (excludes halogenated alkanes) is 1. The van der Waals surface area contributed by atoms with Crippen LogP contribution in [0, 0.1) is 11.3 Å². The number of hydrazine groups is 1. The van der Waals surface area contributed by atoms with Crippen LogP contribution in [0.25, 0.3) is 11.1 Å². The normalized spacial score (nSPS) is 14.1. The van der Waals surface area contributed by atoms with E-state index in [-0.39, 0.29) is 5.60 Å². The molecule has 1 aliphatic heterocycles. The Morgan fingerprint density at radius 1 is 1.09 bits per heavy atom. The van der Waals surface area contributed by atoms with Gasteiger partial charge in [0, 0.05) is 18.4 Å². The molecule has 174 valence electrons. The molecule has 0 unspecified atom stereocenters. The number of nitrogens with one attached hydrogen (secondary N) is 2. The Balaban J connectivity index is 1.41. The van der Waals surface area contributed by atoms with Crippen molar-refractivity contribution in [3.8, 4) is 22.9 Å². The lowest BCUT2D eigenvalue weighted by molar-refractivity contribution is 0.138. The number of nitrogens with zero attached hydrogens (tertiary/aromatic N) is 2. The van der Waals surface area contributed by atoms with E-state index >= 15 is 0 Å². The van der Waals surface area contributed by atoms with E-state index < -0.39 is 0 Å². The van der Waals surface area contributed by atoms with Gasteiger partial charge in [0.2, 0.25) is 0 Å². The summed E-state index contributed by atoms with van der Waals surface area (Å²) in [6.45, 7) is 7.01. The van der Waals surface area contributed by atoms with E-state index in [2.05, 4.69) is 68.0 Å². The first-order valence-electron chi connectivity index (χ1n) is 11.9. The Hall–Kier alpha value is -3.78. The summed E-state index contributed by atoms with van der Waals surface area (Å²) in [6, 6.07) is 24.4. The van der Waals surface area contributed by atoms with Crippen LogP contribution < -0.4 is 15.6 Å². The Bertz CT molecular complexity index is 1210. The van der Waals surface area contributed by atoms with Gasteiger partial charge >= 0.3 is 0 Å². The van der Waals surface area contributed by atoms with Crippen molar-refractivity contribution in [3.05, 3.63) is 83.4 Å². The molecule has 3 aromatic rings. The maximum atomic E-state index is 9.37. The van der Waals surface area contributed by atoms with Gasteiger partial charge in [-0.15, -0.1) is 0 Å². The number of aliphatic imine (C=N–C) groups is 1. The molecule has 0 radical (unpaired) electrons. The molecule has 0 saturated carbocycles. The fraction of sp³-hybridized carbons (Fsp3) is 0.310. The van der Waals surface area contributed by atoms with Crippen LogP contribution in [0.1, 0.15) is 56.7 Å². The number of anilines is 1. The van der Waals surface area contributed by atoms with E-state index in [0.29, 0.717) is 12.1 Å². The topological polar surface area (TPSA) is 69.4 Å². The highest BCUT2D eigenvalue weighted by atomic mass is 16.5. The summed E-state index contributed by atoms with van der Waals surface area (Å²) < 4.78 is 5.98. The molecule has 0 atom stereocenters. The molecule has 0 aromatic heterocycles. The second-order valence-corrected chi connectivity index (χ2v) is 9.33. The van der Waals surface area contributed by atoms with Gasteiger partial charge in [-0.1, -0.05) is 55.8 Å². The lowest BCUT2D eigenvalue weighted by Crippen LogP contribution is -2.29. The number of benzene rings is 3. The molecule has 5 nitrogen and oxygen atoms in total. The van der Waals surface area contributed by atoms with E-state index in [4.69, 9.17) is 9.73 Å². The number of fused-ring (bicyclic) bond motifs is 1. The van der Waals surface area contributed by atoms with E-state index in [1.54, 1.807) is 0 Å². The number of ether oxygens (including phenoxy) is 1. The van der Waals surface area contributed by atoms with Crippen LogP contribution in [-0.4, -0.2) is 11.4 Å². The van der Waals surface area contributed by atoms with Crippen LogP contribution in [0.15, 0.2) is 71.7 Å². The summed E-state index contributed by atoms with van der Waals surface area (Å²) in [5.41, 5.74) is 12.6. The summed E-state index contributed by atoms with van der Waals surface area (Å²) >= 11 is 0. The fourth-order valence-electron chi connectivity index (χ4n) is 4.17. The number of rotatable bonds is 8. The van der Waals surface area contributed by atoms with Gasteiger partial charge in [-0.05, 0) is 61.2 Å². The molecule has 0 saturated heterocycles. The zero-order valence-corrected chi connectivity index (χ0v) is 20.2. The van der Waals surface area contributed by atoms with E-state index in [1.165, 1.54) is 5.56 Å². The number of amidine groups is 1. The van der Waals surface area contributed by atoms with Gasteiger partial charge in [0.25, 0.3) is 0 Å². The van der Waals surface area contributed by atoms with Crippen molar-refractivity contribution in [1.29, 1.82) is 5.26 Å². The molecule has 3 aromatic carbocycles. The largest absolute Gasteiger partial charge is 0.487 e. The smallest absolute Gasteiger partial charge is 0.123 e. The number of nitriles is 1. The van der Waals surface area contributed by atoms with Gasteiger partial charge in [-0.25, -0.2) is 0 Å². The van der Waals surface area contributed by atoms with Gasteiger partial charge in [0.1, 0.15) is 17.2 Å². The minimum absolute atomic E-state index is 0.144. The van der Waals surface area contributed by atoms with Gasteiger partial charge in [0.05, 0.1) is 23.9 Å². The first kappa shape index (κ1) is 23.4. The average Bonchev–Trinajstić information content (AvgIpc) is 3.17. The van der Waals surface area contributed by atoms with Crippen molar-refractivity contribution < 1.29 is 4.74 Å². The van der Waals surface area contributed by atoms with E-state index in [0.717, 1.165) is 59.6 Å². The highest BCUT2D eigenvalue weighted by Gasteiger charge is 2.29. The Morgan fingerprint density at radius 3 is 2.65 bits per heavy atom.